The van der Waals surface area contributed by atoms with Crippen LogP contribution in [0.4, 0.5) is 0 Å². The average molecular weight is 779 g/mol. The number of hydrogen-bond donors (Lipinski definition) is 7. The molecule has 1 aromatic rings. The number of ether oxygens (including phenoxy) is 6. The van der Waals surface area contributed by atoms with Crippen LogP contribution in [-0.4, -0.2) is 130 Å². The monoisotopic (exact) mass is 778 g/mol. The predicted octanol–water partition coefficient (Wildman–Crippen LogP) is 1.62. The Balaban J connectivity index is 2.22. The molecule has 0 bridgehead atoms. The zero-order valence-electron chi connectivity index (χ0n) is 32.6. The van der Waals surface area contributed by atoms with Crippen LogP contribution in [0.3, 0.4) is 0 Å². The molecule has 2 fully saturated rings. The molecule has 11 unspecified atom stereocenters. The highest BCUT2D eigenvalue weighted by Crippen LogP contribution is 2.38. The normalized spacial score (nSPS) is 28.0. The van der Waals surface area contributed by atoms with Crippen molar-refractivity contribution in [1.29, 1.82) is 0 Å². The van der Waals surface area contributed by atoms with E-state index in [4.69, 9.17) is 28.4 Å². The second kappa shape index (κ2) is 21.2. The third kappa shape index (κ3) is 12.0. The predicted molar refractivity (Wildman–Crippen MR) is 198 cm³/mol. The van der Waals surface area contributed by atoms with Crippen LogP contribution in [-0.2, 0) is 46.1 Å². The molecule has 0 saturated carbocycles. The topological polar surface area (TPSA) is 231 Å². The van der Waals surface area contributed by atoms with Crippen LogP contribution in [0.2, 0.25) is 0 Å². The fraction of sp³-hybridized carbons (Fsp3) is 0.600. The van der Waals surface area contributed by atoms with Gasteiger partial charge in [0.25, 0.3) is 0 Å². The largest absolute Gasteiger partial charge is 0.467 e. The van der Waals surface area contributed by atoms with Gasteiger partial charge in [-0.25, -0.2) is 9.59 Å². The number of aliphatic hydroxyl groups is 7. The highest BCUT2D eigenvalue weighted by atomic mass is 16.7. The molecule has 15 heteroatoms. The van der Waals surface area contributed by atoms with Crippen LogP contribution in [0.1, 0.15) is 70.8 Å². The van der Waals surface area contributed by atoms with Gasteiger partial charge < -0.3 is 64.2 Å². The van der Waals surface area contributed by atoms with Crippen molar-refractivity contribution in [3.8, 4) is 5.75 Å². The van der Waals surface area contributed by atoms with Gasteiger partial charge in [-0.15, -0.1) is 0 Å². The number of carbonyl (C=O) groups is 2. The molecule has 15 nitrogen and oxygen atoms in total. The van der Waals surface area contributed by atoms with Crippen LogP contribution in [0.15, 0.2) is 59.2 Å². The Hall–Kier alpha value is -3.48. The quantitative estimate of drug-likeness (QED) is 0.0677. The number of rotatable bonds is 17. The number of benzene rings is 1. The molecule has 7 N–H and O–H groups in total. The van der Waals surface area contributed by atoms with E-state index in [2.05, 4.69) is 6.58 Å². The summed E-state index contributed by atoms with van der Waals surface area (Å²) in [5.41, 5.74) is 3.76. The van der Waals surface area contributed by atoms with Crippen LogP contribution in [0, 0.1) is 5.92 Å². The Morgan fingerprint density at radius 2 is 1.60 bits per heavy atom. The Morgan fingerprint density at radius 3 is 2.18 bits per heavy atom. The molecule has 0 amide bonds. The Labute approximate surface area is 322 Å². The maximum atomic E-state index is 13.0. The van der Waals surface area contributed by atoms with Crippen LogP contribution in [0.25, 0.3) is 0 Å². The minimum absolute atomic E-state index is 0.179. The van der Waals surface area contributed by atoms with Crippen LogP contribution in [0.5, 0.6) is 5.75 Å². The summed E-state index contributed by atoms with van der Waals surface area (Å²) < 4.78 is 34.5. The number of aliphatic hydroxyl groups excluding tert-OH is 7. The van der Waals surface area contributed by atoms with E-state index in [1.54, 1.807) is 19.1 Å². The molecule has 2 aliphatic heterocycles. The van der Waals surface area contributed by atoms with E-state index >= 15 is 0 Å². The lowest BCUT2D eigenvalue weighted by Gasteiger charge is -2.45. The zero-order valence-corrected chi connectivity index (χ0v) is 32.6. The fourth-order valence-corrected chi connectivity index (χ4v) is 6.06. The molecule has 2 aliphatic rings. The first-order valence-electron chi connectivity index (χ1n) is 18.2. The third-order valence-corrected chi connectivity index (χ3v) is 9.57. The lowest BCUT2D eigenvalue weighted by Crippen LogP contribution is -2.64. The summed E-state index contributed by atoms with van der Waals surface area (Å²) in [5, 5.41) is 74.7. The molecule has 308 valence electrons. The van der Waals surface area contributed by atoms with Crippen molar-refractivity contribution in [2.24, 2.45) is 5.92 Å². The van der Waals surface area contributed by atoms with Crippen molar-refractivity contribution in [2.75, 3.05) is 26.9 Å². The summed E-state index contributed by atoms with van der Waals surface area (Å²) in [6, 6.07) is 3.11. The molecular formula is C40H58O15. The van der Waals surface area contributed by atoms with Gasteiger partial charge in [0.2, 0.25) is 6.29 Å². The second-order valence-corrected chi connectivity index (χ2v) is 14.3. The second-order valence-electron chi connectivity index (χ2n) is 14.3. The van der Waals surface area contributed by atoms with Gasteiger partial charge in [-0.3, -0.25) is 0 Å². The van der Waals surface area contributed by atoms with Crippen molar-refractivity contribution in [1.82, 2.24) is 0 Å². The first kappa shape index (κ1) is 45.9. The van der Waals surface area contributed by atoms with Crippen molar-refractivity contribution >= 4 is 11.9 Å². The van der Waals surface area contributed by atoms with Gasteiger partial charge in [0.05, 0.1) is 26.9 Å². The molecule has 3 rings (SSSR count). The first-order chi connectivity index (χ1) is 26.0. The average Bonchev–Trinajstić information content (AvgIpc) is 3.16. The van der Waals surface area contributed by atoms with Gasteiger partial charge in [-0.2, -0.15) is 0 Å². The maximum absolute atomic E-state index is 13.0. The van der Waals surface area contributed by atoms with Crippen LogP contribution < -0.4 is 4.74 Å². The standard InChI is InChI=1S/C40H58O15/c1-9-22(6)37(48)53-35-29(18-42)52-40(33(47)36(35)55-39-32(46)31(45)28(43)19-51-39)54-34-25(13-11-21(4)5)15-26(30(44)38(49)50-8)16-27(34)14-24(23(7)17-41)12-10-20(2)3/h9-11,15-16,24,28-33,35-36,39-47H,7,12-14,17-19H2,1-6,8H3. The Bertz CT molecular complexity index is 1560. The highest BCUT2D eigenvalue weighted by Gasteiger charge is 2.52. The summed E-state index contributed by atoms with van der Waals surface area (Å²) in [4.78, 5) is 25.5. The van der Waals surface area contributed by atoms with Crippen molar-refractivity contribution in [3.05, 3.63) is 75.9 Å². The van der Waals surface area contributed by atoms with E-state index in [1.165, 1.54) is 13.0 Å². The number of carbonyl (C=O) groups excluding carboxylic acids is 2. The molecular weight excluding hydrogens is 720 g/mol. The first-order valence-corrected chi connectivity index (χ1v) is 18.2. The van der Waals surface area contributed by atoms with Gasteiger partial charge in [0.1, 0.15) is 42.4 Å². The van der Waals surface area contributed by atoms with Gasteiger partial charge >= 0.3 is 11.9 Å². The minimum Gasteiger partial charge on any atom is -0.467 e. The van der Waals surface area contributed by atoms with Crippen molar-refractivity contribution in [2.45, 2.75) is 122 Å². The lowest BCUT2D eigenvalue weighted by atomic mass is 9.86. The molecule has 0 aliphatic carbocycles. The summed E-state index contributed by atoms with van der Waals surface area (Å²) in [6.45, 7) is 13.3. The Morgan fingerprint density at radius 1 is 0.945 bits per heavy atom. The third-order valence-electron chi connectivity index (χ3n) is 9.57. The Kier molecular flexibility index (Phi) is 17.7. The number of allylic oxidation sites excluding steroid dienone is 5. The van der Waals surface area contributed by atoms with E-state index in [-0.39, 0.29) is 42.3 Å². The molecule has 1 aromatic carbocycles. The molecule has 2 saturated heterocycles. The zero-order chi connectivity index (χ0) is 41.1. The maximum Gasteiger partial charge on any atom is 0.339 e. The minimum atomic E-state index is -1.82. The van der Waals surface area contributed by atoms with Gasteiger partial charge in [-0.1, -0.05) is 36.0 Å². The van der Waals surface area contributed by atoms with Gasteiger partial charge in [0, 0.05) is 5.57 Å². The molecule has 55 heavy (non-hydrogen) atoms. The van der Waals surface area contributed by atoms with E-state index in [0.717, 1.165) is 18.3 Å². The highest BCUT2D eigenvalue weighted by molar-refractivity contribution is 5.87. The summed E-state index contributed by atoms with van der Waals surface area (Å²) in [7, 11) is 1.15. The SMILES string of the molecule is C=C(CO)C(CC=C(C)C)Cc1cc(C(O)C(=O)OC)cc(CC=C(C)C)c1OC1OC(CO)C(OC(=O)C(C)=CC)C(OC2OCC(O)C(O)C2O)C1O. The molecule has 0 aromatic heterocycles. The van der Waals surface area contributed by atoms with Crippen molar-refractivity contribution in [3.63, 3.8) is 0 Å². The van der Waals surface area contributed by atoms with Crippen LogP contribution >= 0.6 is 0 Å². The number of methoxy groups -OCH3 is 1. The van der Waals surface area contributed by atoms with E-state index in [9.17, 15) is 45.3 Å². The van der Waals surface area contributed by atoms with E-state index in [0.29, 0.717) is 23.1 Å². The smallest absolute Gasteiger partial charge is 0.339 e. The van der Waals surface area contributed by atoms with E-state index < -0.39 is 86.6 Å². The van der Waals surface area contributed by atoms with E-state index in [1.807, 2.05) is 39.8 Å². The van der Waals surface area contributed by atoms with Crippen molar-refractivity contribution < 1.29 is 73.8 Å². The number of esters is 2. The molecule has 0 radical (unpaired) electrons. The number of hydrogen-bond acceptors (Lipinski definition) is 15. The van der Waals surface area contributed by atoms with Gasteiger partial charge in [-0.05, 0) is 101 Å². The van der Waals surface area contributed by atoms with Gasteiger partial charge in [0.15, 0.2) is 18.5 Å². The summed E-state index contributed by atoms with van der Waals surface area (Å²) >= 11 is 0. The molecule has 2 heterocycles. The fourth-order valence-electron chi connectivity index (χ4n) is 6.06. The molecule has 11 atom stereocenters. The summed E-state index contributed by atoms with van der Waals surface area (Å²) in [6.07, 6.45) is -9.85. The molecule has 0 spiro atoms. The lowest BCUT2D eigenvalue weighted by molar-refractivity contribution is -0.340. The summed E-state index contributed by atoms with van der Waals surface area (Å²) in [5.74, 6) is -1.89.